The highest BCUT2D eigenvalue weighted by Gasteiger charge is 1.04. The number of isocyanates is 2. The molecule has 0 aromatic heterocycles. The maximum atomic E-state index is 8.35. The highest BCUT2D eigenvalue weighted by molar-refractivity contribution is 5.26. The fourth-order valence-electron chi connectivity index (χ4n) is 0. The highest BCUT2D eigenvalue weighted by atomic mass is 16.1. The lowest BCUT2D eigenvalue weighted by Gasteiger charge is -1.02. The van der Waals surface area contributed by atoms with Gasteiger partial charge in [-0.3, -0.25) is 0 Å². The molecule has 0 fully saturated rings. The van der Waals surface area contributed by atoms with Crippen LogP contribution in [0.5, 0.6) is 0 Å². The van der Waals surface area contributed by atoms with Crippen LogP contribution in [-0.2, 0) is 9.59 Å². The maximum absolute atomic E-state index is 8.35. The average molecular weight is 118 g/mol. The summed E-state index contributed by atoms with van der Waals surface area (Å²) in [6.45, 7) is 0. The zero-order chi connectivity index (χ0) is 5.41. The zero-order valence-electron chi connectivity index (χ0n) is 2.82. The second kappa shape index (κ2) is 226. The first-order chi connectivity index (χ1) is 2.83. The van der Waals surface area contributed by atoms with Gasteiger partial charge in [-0.1, -0.05) is 14.9 Å². The molecule has 0 bridgehead atoms. The van der Waals surface area contributed by atoms with Gasteiger partial charge in [-0.25, -0.2) is 20.4 Å². The van der Waals surface area contributed by atoms with E-state index in [2.05, 4.69) is 0 Å². The molecule has 0 unspecified atom stereocenters. The molecule has 4 nitrogen and oxygen atoms in total. The quantitative estimate of drug-likeness (QED) is 0.368. The summed E-state index contributed by atoms with van der Waals surface area (Å²) in [6.07, 6.45) is 1.50. The van der Waals surface area contributed by atoms with Crippen molar-refractivity contribution in [2.45, 2.75) is 14.9 Å². The van der Waals surface area contributed by atoms with E-state index in [0.29, 0.717) is 0 Å². The van der Waals surface area contributed by atoms with E-state index < -0.39 is 0 Å². The molecule has 0 aliphatic rings. The molecule has 0 aromatic carbocycles. The minimum Gasteiger partial charge on any atom is -0.222 e. The van der Waals surface area contributed by atoms with Crippen molar-refractivity contribution in [2.24, 2.45) is 0 Å². The maximum Gasteiger partial charge on any atom is 0.231 e. The molecule has 2 N–H and O–H groups in total. The molecule has 0 atom stereocenters. The Balaban J connectivity index is -0.0000000160. The molecular weight excluding hydrogens is 108 g/mol. The first-order valence-electron chi connectivity index (χ1n) is 0.908. The lowest BCUT2D eigenvalue weighted by molar-refractivity contribution is 0.562. The largest absolute Gasteiger partial charge is 0.231 e. The molecule has 4 heteroatoms. The summed E-state index contributed by atoms with van der Waals surface area (Å²) >= 11 is 0. The lowest BCUT2D eigenvalue weighted by Crippen LogP contribution is -1.16. The van der Waals surface area contributed by atoms with Gasteiger partial charge in [-0.05, 0) is 0 Å². The van der Waals surface area contributed by atoms with Crippen LogP contribution in [0.3, 0.4) is 0 Å². The summed E-state index contributed by atoms with van der Waals surface area (Å²) in [4.78, 5) is 16.7. The van der Waals surface area contributed by atoms with Crippen LogP contribution >= 0.6 is 0 Å². The summed E-state index contributed by atoms with van der Waals surface area (Å²) in [5, 5.41) is 10.8. The second-order valence-electron chi connectivity index (χ2n) is 0.204. The molecule has 0 saturated heterocycles. The smallest absolute Gasteiger partial charge is 0.222 e. The zero-order valence-corrected chi connectivity index (χ0v) is 2.82. The van der Waals surface area contributed by atoms with E-state index in [0.717, 1.165) is 12.2 Å². The van der Waals surface area contributed by atoms with Gasteiger partial charge in [0.15, 0.2) is 0 Å². The first kappa shape index (κ1) is 29.4. The van der Waals surface area contributed by atoms with Gasteiger partial charge in [0, 0.05) is 0 Å². The molecule has 0 saturated carbocycles. The Hall–Kier alpha value is -1.24. The Bertz CT molecular complexity index is 66.0. The van der Waals surface area contributed by atoms with Gasteiger partial charge in [0.2, 0.25) is 12.2 Å². The van der Waals surface area contributed by atoms with Gasteiger partial charge in [0.05, 0.1) is 0 Å². The molecule has 0 aliphatic heterocycles. The highest BCUT2D eigenvalue weighted by Crippen LogP contribution is 0.871. The molecular formula is C4H10N2O2. The second-order valence-corrected chi connectivity index (χ2v) is 0.204. The van der Waals surface area contributed by atoms with E-state index in [4.69, 9.17) is 20.4 Å². The van der Waals surface area contributed by atoms with Gasteiger partial charge in [-0.2, -0.15) is 0 Å². The van der Waals surface area contributed by atoms with Crippen molar-refractivity contribution >= 4 is 12.2 Å². The minimum absolute atomic E-state index is 0. The van der Waals surface area contributed by atoms with Crippen molar-refractivity contribution in [1.82, 2.24) is 0 Å². The number of hydrogen-bond acceptors (Lipinski definition) is 4. The summed E-state index contributed by atoms with van der Waals surface area (Å²) in [6, 6.07) is 0. The average Bonchev–Trinajstić information content (AvgIpc) is 1.39. The van der Waals surface area contributed by atoms with Crippen LogP contribution in [0.25, 0.3) is 0 Å². The van der Waals surface area contributed by atoms with Crippen LogP contribution in [0.4, 0.5) is 0 Å². The topological polar surface area (TPSA) is 81.8 Å². The van der Waals surface area contributed by atoms with Crippen molar-refractivity contribution in [3.63, 3.8) is 0 Å². The Kier molecular flexibility index (Phi) is 832. The third-order valence-electron chi connectivity index (χ3n) is 0. The first-order valence-corrected chi connectivity index (χ1v) is 0.908. The van der Waals surface area contributed by atoms with Gasteiger partial charge in [-0.15, -0.1) is 0 Å². The molecule has 8 heavy (non-hydrogen) atoms. The van der Waals surface area contributed by atoms with E-state index >= 15 is 0 Å². The molecule has 0 radical (unpaired) electrons. The van der Waals surface area contributed by atoms with Gasteiger partial charge >= 0.3 is 0 Å². The van der Waals surface area contributed by atoms with Crippen LogP contribution in [0.15, 0.2) is 0 Å². The Morgan fingerprint density at radius 1 is 0.875 bits per heavy atom. The van der Waals surface area contributed by atoms with Crippen molar-refractivity contribution in [1.29, 1.82) is 10.8 Å². The van der Waals surface area contributed by atoms with Crippen molar-refractivity contribution in [3.05, 3.63) is 0 Å². The van der Waals surface area contributed by atoms with Gasteiger partial charge < -0.3 is 0 Å². The van der Waals surface area contributed by atoms with E-state index in [1.165, 1.54) is 0 Å². The van der Waals surface area contributed by atoms with Crippen LogP contribution in [-0.4, -0.2) is 12.2 Å². The van der Waals surface area contributed by atoms with Crippen LogP contribution in [0.1, 0.15) is 14.9 Å². The number of hydrogen-bond donors (Lipinski definition) is 2. The molecule has 0 amide bonds. The van der Waals surface area contributed by atoms with E-state index in [1.807, 2.05) is 0 Å². The number of carbonyl (C=O) groups excluding carboxylic acids is 2. The molecule has 0 heterocycles. The number of rotatable bonds is 0. The van der Waals surface area contributed by atoms with Crippen molar-refractivity contribution < 1.29 is 9.59 Å². The molecule has 0 aromatic rings. The normalized spacial score (nSPS) is 2.00. The molecule has 0 rings (SSSR count). The summed E-state index contributed by atoms with van der Waals surface area (Å²) in [5.41, 5.74) is 0. The molecule has 0 spiro atoms. The summed E-state index contributed by atoms with van der Waals surface area (Å²) in [7, 11) is 0. The Labute approximate surface area is 48.5 Å². The SMILES string of the molecule is C.C.N=C=O.N=C=O. The van der Waals surface area contributed by atoms with E-state index in [1.54, 1.807) is 0 Å². The number of nitrogens with one attached hydrogen (secondary N) is 2. The standard InChI is InChI=1S/2CHNO.2CH4/c2*2-1-3;;/h2*2H;2*1H4. The fraction of sp³-hybridized carbons (Fsp3) is 0.500. The van der Waals surface area contributed by atoms with Gasteiger partial charge in [0.25, 0.3) is 0 Å². The fourth-order valence-corrected chi connectivity index (χ4v) is 0. The summed E-state index contributed by atoms with van der Waals surface area (Å²) in [5.74, 6) is 0. The van der Waals surface area contributed by atoms with Crippen molar-refractivity contribution in [3.8, 4) is 0 Å². The lowest BCUT2D eigenvalue weighted by atomic mass is 11.7. The van der Waals surface area contributed by atoms with Crippen LogP contribution < -0.4 is 0 Å². The Morgan fingerprint density at radius 3 is 0.875 bits per heavy atom. The third-order valence-corrected chi connectivity index (χ3v) is 0. The summed E-state index contributed by atoms with van der Waals surface area (Å²) < 4.78 is 0. The predicted octanol–water partition coefficient (Wildman–Crippen LogP) is 1.07. The predicted molar refractivity (Wildman–Crippen MR) is 30.3 cm³/mol. The van der Waals surface area contributed by atoms with Crippen LogP contribution in [0.2, 0.25) is 0 Å². The molecule has 48 valence electrons. The molecule has 0 aliphatic carbocycles. The minimum atomic E-state index is 0. The Morgan fingerprint density at radius 2 is 0.875 bits per heavy atom. The van der Waals surface area contributed by atoms with Gasteiger partial charge in [0.1, 0.15) is 0 Å². The van der Waals surface area contributed by atoms with E-state index in [-0.39, 0.29) is 14.9 Å². The van der Waals surface area contributed by atoms with Crippen LogP contribution in [0, 0.1) is 10.8 Å². The van der Waals surface area contributed by atoms with Crippen molar-refractivity contribution in [2.75, 3.05) is 0 Å². The third kappa shape index (κ3) is 43.8. The van der Waals surface area contributed by atoms with E-state index in [9.17, 15) is 0 Å². The monoisotopic (exact) mass is 118 g/mol.